The first-order valence-electron chi connectivity index (χ1n) is 5.41. The number of amides is 1. The molecule has 1 aromatic heterocycles. The highest BCUT2D eigenvalue weighted by Gasteiger charge is 2.27. The van der Waals surface area contributed by atoms with Crippen LogP contribution in [0.25, 0.3) is 0 Å². The number of rotatable bonds is 5. The SMILES string of the molecule is CCn1cc(C(=O)NCC(C)(C)C(=O)O)cn1. The molecule has 17 heavy (non-hydrogen) atoms. The average molecular weight is 239 g/mol. The fourth-order valence-electron chi connectivity index (χ4n) is 1.13. The molecule has 0 atom stereocenters. The Bertz CT molecular complexity index is 423. The highest BCUT2D eigenvalue weighted by molar-refractivity contribution is 5.94. The van der Waals surface area contributed by atoms with Gasteiger partial charge < -0.3 is 10.4 Å². The molecule has 6 heteroatoms. The van der Waals surface area contributed by atoms with E-state index in [1.54, 1.807) is 24.7 Å². The number of carboxylic acids is 1. The lowest BCUT2D eigenvalue weighted by atomic mass is 9.94. The number of aromatic nitrogens is 2. The van der Waals surface area contributed by atoms with E-state index in [9.17, 15) is 9.59 Å². The first kappa shape index (κ1) is 13.2. The van der Waals surface area contributed by atoms with E-state index in [0.29, 0.717) is 12.1 Å². The molecule has 6 nitrogen and oxygen atoms in total. The molecule has 0 unspecified atom stereocenters. The van der Waals surface area contributed by atoms with Crippen molar-refractivity contribution in [2.45, 2.75) is 27.3 Å². The molecule has 0 radical (unpaired) electrons. The van der Waals surface area contributed by atoms with E-state index >= 15 is 0 Å². The Morgan fingerprint density at radius 2 is 2.18 bits per heavy atom. The summed E-state index contributed by atoms with van der Waals surface area (Å²) in [5, 5.41) is 15.5. The van der Waals surface area contributed by atoms with Crippen LogP contribution in [0, 0.1) is 5.41 Å². The molecule has 0 aromatic carbocycles. The normalized spacial score (nSPS) is 11.2. The smallest absolute Gasteiger partial charge is 0.310 e. The van der Waals surface area contributed by atoms with Gasteiger partial charge in [0, 0.05) is 19.3 Å². The van der Waals surface area contributed by atoms with E-state index in [2.05, 4.69) is 10.4 Å². The summed E-state index contributed by atoms with van der Waals surface area (Å²) in [6.45, 7) is 5.81. The summed E-state index contributed by atoms with van der Waals surface area (Å²) in [5.74, 6) is -1.25. The lowest BCUT2D eigenvalue weighted by Crippen LogP contribution is -2.38. The second-order valence-electron chi connectivity index (χ2n) is 4.46. The largest absolute Gasteiger partial charge is 0.481 e. The van der Waals surface area contributed by atoms with E-state index in [-0.39, 0.29) is 12.5 Å². The maximum atomic E-state index is 11.7. The van der Waals surface area contributed by atoms with Gasteiger partial charge in [-0.2, -0.15) is 5.10 Å². The Morgan fingerprint density at radius 3 is 2.65 bits per heavy atom. The number of hydrogen-bond donors (Lipinski definition) is 2. The quantitative estimate of drug-likeness (QED) is 0.793. The molecule has 0 aliphatic rings. The van der Waals surface area contributed by atoms with Crippen LogP contribution in [0.15, 0.2) is 12.4 Å². The molecule has 1 amide bonds. The Balaban J connectivity index is 2.58. The van der Waals surface area contributed by atoms with E-state index in [1.807, 2.05) is 6.92 Å². The zero-order valence-electron chi connectivity index (χ0n) is 10.2. The molecule has 0 spiro atoms. The zero-order valence-corrected chi connectivity index (χ0v) is 10.2. The minimum Gasteiger partial charge on any atom is -0.481 e. The van der Waals surface area contributed by atoms with Crippen molar-refractivity contribution in [1.82, 2.24) is 15.1 Å². The Hall–Kier alpha value is -1.85. The topological polar surface area (TPSA) is 84.2 Å². The number of nitrogens with zero attached hydrogens (tertiary/aromatic N) is 2. The standard InChI is InChI=1S/C11H17N3O3/c1-4-14-6-8(5-13-14)9(15)12-7-11(2,3)10(16)17/h5-6H,4,7H2,1-3H3,(H,12,15)(H,16,17). The molecular weight excluding hydrogens is 222 g/mol. The summed E-state index contributed by atoms with van der Waals surface area (Å²) in [6.07, 6.45) is 3.09. The van der Waals surface area contributed by atoms with Crippen molar-refractivity contribution in [3.8, 4) is 0 Å². The van der Waals surface area contributed by atoms with Gasteiger partial charge in [-0.25, -0.2) is 0 Å². The number of carbonyl (C=O) groups excluding carboxylic acids is 1. The van der Waals surface area contributed by atoms with Crippen LogP contribution in [0.4, 0.5) is 0 Å². The predicted molar refractivity (Wildman–Crippen MR) is 61.7 cm³/mol. The predicted octanol–water partition coefficient (Wildman–Crippen LogP) is 0.744. The maximum absolute atomic E-state index is 11.7. The second-order valence-corrected chi connectivity index (χ2v) is 4.46. The van der Waals surface area contributed by atoms with Crippen molar-refractivity contribution >= 4 is 11.9 Å². The Morgan fingerprint density at radius 1 is 1.53 bits per heavy atom. The first-order chi connectivity index (χ1) is 7.86. The molecule has 0 aliphatic heterocycles. The van der Waals surface area contributed by atoms with Crippen LogP contribution in [-0.2, 0) is 11.3 Å². The molecular formula is C11H17N3O3. The molecule has 0 fully saturated rings. The molecule has 94 valence electrons. The molecule has 1 heterocycles. The third-order valence-electron chi connectivity index (χ3n) is 2.49. The summed E-state index contributed by atoms with van der Waals surface area (Å²) in [4.78, 5) is 22.5. The number of aryl methyl sites for hydroxylation is 1. The van der Waals surface area contributed by atoms with E-state index in [0.717, 1.165) is 0 Å². The van der Waals surface area contributed by atoms with Crippen molar-refractivity contribution in [2.24, 2.45) is 5.41 Å². The zero-order chi connectivity index (χ0) is 13.1. The fraction of sp³-hybridized carbons (Fsp3) is 0.545. The van der Waals surface area contributed by atoms with E-state index in [4.69, 9.17) is 5.11 Å². The van der Waals surface area contributed by atoms with Gasteiger partial charge in [-0.15, -0.1) is 0 Å². The first-order valence-corrected chi connectivity index (χ1v) is 5.41. The molecule has 1 aromatic rings. The molecule has 1 rings (SSSR count). The Kier molecular flexibility index (Phi) is 3.88. The van der Waals surface area contributed by atoms with Gasteiger partial charge in [0.1, 0.15) is 0 Å². The third kappa shape index (κ3) is 3.30. The average Bonchev–Trinajstić information content (AvgIpc) is 2.74. The van der Waals surface area contributed by atoms with Gasteiger partial charge in [0.25, 0.3) is 5.91 Å². The van der Waals surface area contributed by atoms with Gasteiger partial charge in [-0.3, -0.25) is 14.3 Å². The number of carboxylic acid groups (broad SMARTS) is 1. The number of aliphatic carboxylic acids is 1. The third-order valence-corrected chi connectivity index (χ3v) is 2.49. The van der Waals surface area contributed by atoms with Gasteiger partial charge in [-0.1, -0.05) is 0 Å². The number of carbonyl (C=O) groups is 2. The second kappa shape index (κ2) is 4.99. The van der Waals surface area contributed by atoms with Crippen LogP contribution < -0.4 is 5.32 Å². The molecule has 0 saturated heterocycles. The lowest BCUT2D eigenvalue weighted by Gasteiger charge is -2.19. The van der Waals surface area contributed by atoms with Crippen LogP contribution in [-0.4, -0.2) is 33.3 Å². The van der Waals surface area contributed by atoms with Gasteiger partial charge in [0.2, 0.25) is 0 Å². The van der Waals surface area contributed by atoms with Crippen LogP contribution in [0.3, 0.4) is 0 Å². The minimum atomic E-state index is -0.976. The van der Waals surface area contributed by atoms with Crippen LogP contribution in [0.1, 0.15) is 31.1 Å². The minimum absolute atomic E-state index is 0.0818. The van der Waals surface area contributed by atoms with Crippen LogP contribution in [0.5, 0.6) is 0 Å². The summed E-state index contributed by atoms with van der Waals surface area (Å²) in [5.41, 5.74) is -0.538. The molecule has 0 saturated carbocycles. The lowest BCUT2D eigenvalue weighted by molar-refractivity contribution is -0.146. The molecule has 0 bridgehead atoms. The van der Waals surface area contributed by atoms with Crippen molar-refractivity contribution in [3.63, 3.8) is 0 Å². The van der Waals surface area contributed by atoms with Crippen molar-refractivity contribution in [2.75, 3.05) is 6.54 Å². The van der Waals surface area contributed by atoms with Crippen LogP contribution in [0.2, 0.25) is 0 Å². The van der Waals surface area contributed by atoms with Gasteiger partial charge in [-0.05, 0) is 20.8 Å². The Labute approximate surface area is 99.6 Å². The van der Waals surface area contributed by atoms with Crippen LogP contribution >= 0.6 is 0 Å². The summed E-state index contributed by atoms with van der Waals surface area (Å²) >= 11 is 0. The van der Waals surface area contributed by atoms with E-state index in [1.165, 1.54) is 6.20 Å². The number of nitrogens with one attached hydrogen (secondary N) is 1. The van der Waals surface area contributed by atoms with Gasteiger partial charge in [0.15, 0.2) is 0 Å². The molecule has 2 N–H and O–H groups in total. The highest BCUT2D eigenvalue weighted by Crippen LogP contribution is 2.13. The summed E-state index contributed by atoms with van der Waals surface area (Å²) in [7, 11) is 0. The molecule has 0 aliphatic carbocycles. The van der Waals surface area contributed by atoms with Crippen molar-refractivity contribution in [3.05, 3.63) is 18.0 Å². The van der Waals surface area contributed by atoms with E-state index < -0.39 is 11.4 Å². The summed E-state index contributed by atoms with van der Waals surface area (Å²) < 4.78 is 1.64. The monoisotopic (exact) mass is 239 g/mol. The fourth-order valence-corrected chi connectivity index (χ4v) is 1.13. The summed E-state index contributed by atoms with van der Waals surface area (Å²) in [6, 6.07) is 0. The van der Waals surface area contributed by atoms with Crippen molar-refractivity contribution in [1.29, 1.82) is 0 Å². The maximum Gasteiger partial charge on any atom is 0.310 e. The highest BCUT2D eigenvalue weighted by atomic mass is 16.4. The van der Waals surface area contributed by atoms with Gasteiger partial charge in [0.05, 0.1) is 17.2 Å². The number of hydrogen-bond acceptors (Lipinski definition) is 3. The van der Waals surface area contributed by atoms with Crippen molar-refractivity contribution < 1.29 is 14.7 Å². The van der Waals surface area contributed by atoms with Gasteiger partial charge >= 0.3 is 5.97 Å².